The largest absolute Gasteiger partial charge is 0.464 e. The smallest absolute Gasteiger partial charge is 0.411 e. The minimum atomic E-state index is -0.593. The highest BCUT2D eigenvalue weighted by Crippen LogP contribution is 2.59. The molecule has 2 fully saturated rings. The third-order valence-electron chi connectivity index (χ3n) is 5.69. The number of esters is 1. The number of rotatable bonds is 9. The summed E-state index contributed by atoms with van der Waals surface area (Å²) in [6.07, 6.45) is 5.16. The Kier molecular flexibility index (Phi) is 6.85. The molecule has 1 aliphatic heterocycles. The molecule has 0 aromatic heterocycles. The maximum atomic E-state index is 12.8. The van der Waals surface area contributed by atoms with Gasteiger partial charge in [0.15, 0.2) is 0 Å². The minimum Gasteiger partial charge on any atom is -0.464 e. The zero-order valence-corrected chi connectivity index (χ0v) is 18.5. The number of carbonyl (C=O) groups excluding carboxylic acids is 2. The second-order valence-electron chi connectivity index (χ2n) is 10.0. The van der Waals surface area contributed by atoms with Gasteiger partial charge in [-0.15, -0.1) is 6.58 Å². The number of piperidine rings is 1. The van der Waals surface area contributed by atoms with Gasteiger partial charge in [0.25, 0.3) is 0 Å². The highest BCUT2D eigenvalue weighted by molar-refractivity contribution is 5.83. The van der Waals surface area contributed by atoms with Crippen LogP contribution in [-0.2, 0) is 14.3 Å². The van der Waals surface area contributed by atoms with Gasteiger partial charge in [0.05, 0.1) is 6.61 Å². The molecule has 6 nitrogen and oxygen atoms in total. The van der Waals surface area contributed by atoms with Crippen LogP contribution < -0.4 is 5.32 Å². The zero-order chi connectivity index (χ0) is 21.2. The van der Waals surface area contributed by atoms with Gasteiger partial charge in [-0.3, -0.25) is 4.90 Å². The molecule has 0 spiro atoms. The van der Waals surface area contributed by atoms with Crippen LogP contribution in [0.3, 0.4) is 0 Å². The van der Waals surface area contributed by atoms with Crippen LogP contribution in [0.4, 0.5) is 4.79 Å². The summed E-state index contributed by atoms with van der Waals surface area (Å²) in [6.45, 7) is 17.6. The van der Waals surface area contributed by atoms with Crippen LogP contribution in [0.1, 0.15) is 67.2 Å². The van der Waals surface area contributed by atoms with Gasteiger partial charge in [-0.25, -0.2) is 9.59 Å². The van der Waals surface area contributed by atoms with Crippen LogP contribution >= 0.6 is 0 Å². The Labute approximate surface area is 170 Å². The van der Waals surface area contributed by atoms with E-state index in [1.165, 1.54) is 0 Å². The third-order valence-corrected chi connectivity index (χ3v) is 5.69. The summed E-state index contributed by atoms with van der Waals surface area (Å²) in [5.41, 5.74) is -0.466. The average Bonchev–Trinajstić information content (AvgIpc) is 3.15. The van der Waals surface area contributed by atoms with Crippen LogP contribution in [0.25, 0.3) is 0 Å². The van der Waals surface area contributed by atoms with Crippen molar-refractivity contribution >= 4 is 12.1 Å². The van der Waals surface area contributed by atoms with E-state index < -0.39 is 17.7 Å². The van der Waals surface area contributed by atoms with Crippen molar-refractivity contribution in [1.29, 1.82) is 0 Å². The molecule has 1 saturated carbocycles. The van der Waals surface area contributed by atoms with Crippen molar-refractivity contribution in [1.82, 2.24) is 10.2 Å². The Morgan fingerprint density at radius 3 is 2.50 bits per heavy atom. The molecule has 1 N–H and O–H groups in total. The SMILES string of the molecule is C=CCCC(C)(C)CNC[C@@]12C[C@@H](C(=O)OCC)N(C(=O)OC(C)(C)C)[C@@H]1C2. The van der Waals surface area contributed by atoms with Crippen LogP contribution in [0, 0.1) is 10.8 Å². The highest BCUT2D eigenvalue weighted by Gasteiger charge is 2.68. The molecular formula is C22H38N2O4. The summed E-state index contributed by atoms with van der Waals surface area (Å²) in [5.74, 6) is -0.328. The van der Waals surface area contributed by atoms with Gasteiger partial charge < -0.3 is 14.8 Å². The monoisotopic (exact) mass is 394 g/mol. The lowest BCUT2D eigenvalue weighted by atomic mass is 9.87. The number of carbonyl (C=O) groups is 2. The van der Waals surface area contributed by atoms with Crippen molar-refractivity contribution in [2.75, 3.05) is 19.7 Å². The minimum absolute atomic E-state index is 0.0422. The third kappa shape index (κ3) is 5.49. The van der Waals surface area contributed by atoms with Crippen molar-refractivity contribution in [3.05, 3.63) is 12.7 Å². The summed E-state index contributed by atoms with van der Waals surface area (Å²) in [7, 11) is 0. The molecule has 160 valence electrons. The number of nitrogens with one attached hydrogen (secondary N) is 1. The predicted octanol–water partition coefficient (Wildman–Crippen LogP) is 3.90. The first-order valence-electron chi connectivity index (χ1n) is 10.4. The Bertz CT molecular complexity index is 596. The van der Waals surface area contributed by atoms with Crippen LogP contribution in [0.2, 0.25) is 0 Å². The first-order valence-corrected chi connectivity index (χ1v) is 10.4. The van der Waals surface area contributed by atoms with Gasteiger partial charge in [-0.05, 0) is 58.8 Å². The highest BCUT2D eigenvalue weighted by atomic mass is 16.6. The Morgan fingerprint density at radius 2 is 1.93 bits per heavy atom. The van der Waals surface area contributed by atoms with Gasteiger partial charge in [-0.2, -0.15) is 0 Å². The van der Waals surface area contributed by atoms with Crippen LogP contribution in [-0.4, -0.2) is 54.3 Å². The van der Waals surface area contributed by atoms with E-state index in [-0.39, 0.29) is 22.8 Å². The number of hydrogen-bond donors (Lipinski definition) is 1. The number of nitrogens with zero attached hydrogens (tertiary/aromatic N) is 1. The van der Waals surface area contributed by atoms with E-state index in [9.17, 15) is 9.59 Å². The van der Waals surface area contributed by atoms with Gasteiger partial charge in [0.1, 0.15) is 11.6 Å². The molecule has 6 heteroatoms. The molecule has 28 heavy (non-hydrogen) atoms. The summed E-state index contributed by atoms with van der Waals surface area (Å²) in [5, 5.41) is 3.59. The van der Waals surface area contributed by atoms with Gasteiger partial charge in [0.2, 0.25) is 0 Å². The zero-order valence-electron chi connectivity index (χ0n) is 18.5. The fourth-order valence-electron chi connectivity index (χ4n) is 4.14. The normalized spacial score (nSPS) is 26.6. The van der Waals surface area contributed by atoms with Crippen molar-refractivity contribution in [3.63, 3.8) is 0 Å². The maximum Gasteiger partial charge on any atom is 0.411 e. The fourth-order valence-corrected chi connectivity index (χ4v) is 4.14. The number of amides is 1. The van der Waals surface area contributed by atoms with E-state index in [4.69, 9.17) is 9.47 Å². The number of likely N-dealkylation sites (tertiary alicyclic amines) is 1. The lowest BCUT2D eigenvalue weighted by Gasteiger charge is -2.29. The first kappa shape index (κ1) is 22.7. The van der Waals surface area contributed by atoms with Gasteiger partial charge >= 0.3 is 12.1 Å². The summed E-state index contributed by atoms with van der Waals surface area (Å²) >= 11 is 0. The number of allylic oxidation sites excluding steroid dienone is 1. The molecule has 0 aromatic carbocycles. The lowest BCUT2D eigenvalue weighted by molar-refractivity contribution is -0.149. The Morgan fingerprint density at radius 1 is 1.25 bits per heavy atom. The molecule has 1 saturated heterocycles. The first-order chi connectivity index (χ1) is 12.9. The molecular weight excluding hydrogens is 356 g/mol. The van der Waals surface area contributed by atoms with E-state index in [0.717, 1.165) is 32.4 Å². The maximum absolute atomic E-state index is 12.8. The number of fused-ring (bicyclic) bond motifs is 1. The van der Waals surface area contributed by atoms with E-state index >= 15 is 0 Å². The quantitative estimate of drug-likeness (QED) is 0.474. The molecule has 1 amide bonds. The van der Waals surface area contributed by atoms with Gasteiger partial charge in [-0.1, -0.05) is 19.9 Å². The van der Waals surface area contributed by atoms with Gasteiger partial charge in [0, 0.05) is 24.5 Å². The molecule has 0 bridgehead atoms. The van der Waals surface area contributed by atoms with Crippen molar-refractivity contribution < 1.29 is 19.1 Å². The number of ether oxygens (including phenoxy) is 2. The van der Waals surface area contributed by atoms with Crippen LogP contribution in [0.15, 0.2) is 12.7 Å². The Balaban J connectivity index is 2.02. The number of hydrogen-bond acceptors (Lipinski definition) is 5. The summed E-state index contributed by atoms with van der Waals surface area (Å²) < 4.78 is 10.8. The predicted molar refractivity (Wildman–Crippen MR) is 110 cm³/mol. The molecule has 0 unspecified atom stereocenters. The summed E-state index contributed by atoms with van der Waals surface area (Å²) in [4.78, 5) is 26.9. The molecule has 1 heterocycles. The topological polar surface area (TPSA) is 67.9 Å². The molecule has 0 aromatic rings. The molecule has 3 atom stereocenters. The van der Waals surface area contributed by atoms with E-state index in [1.807, 2.05) is 26.8 Å². The molecule has 1 aliphatic carbocycles. The van der Waals surface area contributed by atoms with Crippen molar-refractivity contribution in [3.8, 4) is 0 Å². The fraction of sp³-hybridized carbons (Fsp3) is 0.818. The average molecular weight is 395 g/mol. The molecule has 2 rings (SSSR count). The standard InChI is InChI=1S/C22H38N2O4/c1-8-10-11-21(6,7)14-23-15-22-12-16(18(25)27-9-2)24(17(22)13-22)19(26)28-20(3,4)5/h8,16-17,23H,1,9-15H2,2-7H3/t16-,17+,22-/m0/s1. The second-order valence-corrected chi connectivity index (χ2v) is 10.0. The van der Waals surface area contributed by atoms with Crippen LogP contribution in [0.5, 0.6) is 0 Å². The van der Waals surface area contributed by atoms with Crippen molar-refractivity contribution in [2.45, 2.75) is 84.9 Å². The van der Waals surface area contributed by atoms with E-state index in [2.05, 4.69) is 25.7 Å². The summed E-state index contributed by atoms with van der Waals surface area (Å²) in [6, 6.07) is -0.510. The molecule has 2 aliphatic rings. The Hall–Kier alpha value is -1.56. The van der Waals surface area contributed by atoms with E-state index in [1.54, 1.807) is 11.8 Å². The van der Waals surface area contributed by atoms with Crippen molar-refractivity contribution in [2.24, 2.45) is 10.8 Å². The lowest BCUT2D eigenvalue weighted by Crippen LogP contribution is -2.46. The second kappa shape index (κ2) is 8.44. The molecule has 0 radical (unpaired) electrons. The van der Waals surface area contributed by atoms with E-state index in [0.29, 0.717) is 13.0 Å².